The molecule has 1 aliphatic rings. The summed E-state index contributed by atoms with van der Waals surface area (Å²) in [6, 6.07) is 6.84. The van der Waals surface area contributed by atoms with Gasteiger partial charge in [0.1, 0.15) is 18.0 Å². The number of nitrogens with one attached hydrogen (secondary N) is 1. The second kappa shape index (κ2) is 5.48. The standard InChI is InChI=1S/C14H17FN4/c15-13-4-2-1-3-12(13)9-19-10-17-18-14(19)7-11-5-6-16-8-11/h1-4,10-11,16H,5-9H2. The van der Waals surface area contributed by atoms with Gasteiger partial charge in [-0.15, -0.1) is 10.2 Å². The summed E-state index contributed by atoms with van der Waals surface area (Å²) in [6.07, 6.45) is 3.76. The molecule has 1 fully saturated rings. The van der Waals surface area contributed by atoms with Crippen molar-refractivity contribution in [2.45, 2.75) is 19.4 Å². The molecule has 4 nitrogen and oxygen atoms in total. The van der Waals surface area contributed by atoms with Crippen LogP contribution in [0.15, 0.2) is 30.6 Å². The first-order chi connectivity index (χ1) is 9.33. The fourth-order valence-corrected chi connectivity index (χ4v) is 2.53. The lowest BCUT2D eigenvalue weighted by Gasteiger charge is -2.10. The Morgan fingerprint density at radius 2 is 2.26 bits per heavy atom. The summed E-state index contributed by atoms with van der Waals surface area (Å²) >= 11 is 0. The number of benzene rings is 1. The molecule has 1 aromatic heterocycles. The van der Waals surface area contributed by atoms with Gasteiger partial charge in [0.15, 0.2) is 0 Å². The van der Waals surface area contributed by atoms with Gasteiger partial charge in [0.25, 0.3) is 0 Å². The molecule has 100 valence electrons. The van der Waals surface area contributed by atoms with E-state index in [1.165, 1.54) is 12.5 Å². The minimum atomic E-state index is -0.176. The zero-order chi connectivity index (χ0) is 13.1. The highest BCUT2D eigenvalue weighted by atomic mass is 19.1. The van der Waals surface area contributed by atoms with Crippen molar-refractivity contribution in [2.75, 3.05) is 13.1 Å². The Morgan fingerprint density at radius 3 is 3.05 bits per heavy atom. The molecule has 1 saturated heterocycles. The normalized spacial score (nSPS) is 18.9. The van der Waals surface area contributed by atoms with Gasteiger partial charge in [0, 0.05) is 12.0 Å². The van der Waals surface area contributed by atoms with Gasteiger partial charge in [-0.25, -0.2) is 4.39 Å². The number of hydrogen-bond acceptors (Lipinski definition) is 3. The molecular formula is C14H17FN4. The average molecular weight is 260 g/mol. The molecule has 2 heterocycles. The van der Waals surface area contributed by atoms with Crippen LogP contribution in [0.25, 0.3) is 0 Å². The quantitative estimate of drug-likeness (QED) is 0.908. The van der Waals surface area contributed by atoms with E-state index in [0.717, 1.165) is 25.3 Å². The third kappa shape index (κ3) is 2.81. The SMILES string of the molecule is Fc1ccccc1Cn1cnnc1CC1CCNC1. The van der Waals surface area contributed by atoms with Crippen molar-refractivity contribution in [3.8, 4) is 0 Å². The summed E-state index contributed by atoms with van der Waals surface area (Å²) in [5.41, 5.74) is 0.674. The summed E-state index contributed by atoms with van der Waals surface area (Å²) < 4.78 is 15.6. The number of halogens is 1. The van der Waals surface area contributed by atoms with Crippen LogP contribution in [0, 0.1) is 11.7 Å². The molecule has 0 amide bonds. The highest BCUT2D eigenvalue weighted by Crippen LogP contribution is 2.15. The predicted octanol–water partition coefficient (Wildman–Crippen LogP) is 1.62. The van der Waals surface area contributed by atoms with Gasteiger partial charge in [-0.05, 0) is 31.5 Å². The van der Waals surface area contributed by atoms with Crippen molar-refractivity contribution in [1.82, 2.24) is 20.1 Å². The summed E-state index contributed by atoms with van der Waals surface area (Å²) in [6.45, 7) is 2.60. The van der Waals surface area contributed by atoms with Crippen LogP contribution in [0.2, 0.25) is 0 Å². The molecule has 1 atom stereocenters. The van der Waals surface area contributed by atoms with E-state index in [0.29, 0.717) is 18.0 Å². The van der Waals surface area contributed by atoms with Crippen LogP contribution in [-0.2, 0) is 13.0 Å². The molecule has 0 bridgehead atoms. The van der Waals surface area contributed by atoms with Crippen LogP contribution in [0.1, 0.15) is 17.8 Å². The van der Waals surface area contributed by atoms with Crippen molar-refractivity contribution >= 4 is 0 Å². The summed E-state index contributed by atoms with van der Waals surface area (Å²) in [5, 5.41) is 11.5. The van der Waals surface area contributed by atoms with Crippen molar-refractivity contribution in [2.24, 2.45) is 5.92 Å². The lowest BCUT2D eigenvalue weighted by molar-refractivity contribution is 0.536. The van der Waals surface area contributed by atoms with Gasteiger partial charge in [-0.2, -0.15) is 0 Å². The minimum absolute atomic E-state index is 0.176. The minimum Gasteiger partial charge on any atom is -0.316 e. The number of nitrogens with zero attached hydrogens (tertiary/aromatic N) is 3. The van der Waals surface area contributed by atoms with Crippen molar-refractivity contribution < 1.29 is 4.39 Å². The van der Waals surface area contributed by atoms with E-state index in [1.807, 2.05) is 10.6 Å². The fourth-order valence-electron chi connectivity index (χ4n) is 2.53. The van der Waals surface area contributed by atoms with Crippen LogP contribution in [0.4, 0.5) is 4.39 Å². The zero-order valence-corrected chi connectivity index (χ0v) is 10.7. The maximum absolute atomic E-state index is 13.7. The van der Waals surface area contributed by atoms with Crippen molar-refractivity contribution in [3.63, 3.8) is 0 Å². The molecule has 0 saturated carbocycles. The highest BCUT2D eigenvalue weighted by Gasteiger charge is 2.18. The Morgan fingerprint density at radius 1 is 1.37 bits per heavy atom. The monoisotopic (exact) mass is 260 g/mol. The Bertz CT molecular complexity index is 546. The van der Waals surface area contributed by atoms with E-state index in [-0.39, 0.29) is 5.82 Å². The number of rotatable bonds is 4. The van der Waals surface area contributed by atoms with Crippen LogP contribution in [-0.4, -0.2) is 27.9 Å². The number of aromatic nitrogens is 3. The molecule has 1 unspecified atom stereocenters. The van der Waals surface area contributed by atoms with Gasteiger partial charge in [0.2, 0.25) is 0 Å². The maximum atomic E-state index is 13.7. The first kappa shape index (κ1) is 12.3. The maximum Gasteiger partial charge on any atom is 0.133 e. The van der Waals surface area contributed by atoms with Gasteiger partial charge >= 0.3 is 0 Å². The zero-order valence-electron chi connectivity index (χ0n) is 10.7. The second-order valence-electron chi connectivity index (χ2n) is 5.03. The molecule has 19 heavy (non-hydrogen) atoms. The summed E-state index contributed by atoms with van der Waals surface area (Å²) in [7, 11) is 0. The summed E-state index contributed by atoms with van der Waals surface area (Å²) in [4.78, 5) is 0. The molecule has 1 aliphatic heterocycles. The molecular weight excluding hydrogens is 243 g/mol. The van der Waals surface area contributed by atoms with E-state index >= 15 is 0 Å². The lowest BCUT2D eigenvalue weighted by atomic mass is 10.0. The van der Waals surface area contributed by atoms with Crippen LogP contribution in [0.3, 0.4) is 0 Å². The third-order valence-corrected chi connectivity index (χ3v) is 3.63. The first-order valence-corrected chi connectivity index (χ1v) is 6.64. The van der Waals surface area contributed by atoms with E-state index in [9.17, 15) is 4.39 Å². The molecule has 1 aromatic carbocycles. The van der Waals surface area contributed by atoms with Crippen molar-refractivity contribution in [3.05, 3.63) is 47.8 Å². The van der Waals surface area contributed by atoms with Crippen LogP contribution < -0.4 is 5.32 Å². The van der Waals surface area contributed by atoms with E-state index in [4.69, 9.17) is 0 Å². The average Bonchev–Trinajstić information content (AvgIpc) is 3.06. The van der Waals surface area contributed by atoms with E-state index < -0.39 is 0 Å². The Kier molecular flexibility index (Phi) is 3.55. The topological polar surface area (TPSA) is 42.7 Å². The molecule has 0 radical (unpaired) electrons. The van der Waals surface area contributed by atoms with Gasteiger partial charge in [0.05, 0.1) is 6.54 Å². The van der Waals surface area contributed by atoms with Gasteiger partial charge < -0.3 is 9.88 Å². The number of hydrogen-bond donors (Lipinski definition) is 1. The smallest absolute Gasteiger partial charge is 0.133 e. The third-order valence-electron chi connectivity index (χ3n) is 3.63. The Hall–Kier alpha value is -1.75. The molecule has 5 heteroatoms. The predicted molar refractivity (Wildman–Crippen MR) is 70.2 cm³/mol. The Balaban J connectivity index is 1.74. The van der Waals surface area contributed by atoms with Crippen LogP contribution >= 0.6 is 0 Å². The molecule has 1 N–H and O–H groups in total. The Labute approximate surface area is 111 Å². The highest BCUT2D eigenvalue weighted by molar-refractivity contribution is 5.18. The molecule has 0 aliphatic carbocycles. The molecule has 0 spiro atoms. The second-order valence-corrected chi connectivity index (χ2v) is 5.03. The fraction of sp³-hybridized carbons (Fsp3) is 0.429. The largest absolute Gasteiger partial charge is 0.316 e. The van der Waals surface area contributed by atoms with Crippen LogP contribution in [0.5, 0.6) is 0 Å². The molecule has 3 rings (SSSR count). The first-order valence-electron chi connectivity index (χ1n) is 6.64. The summed E-state index contributed by atoms with van der Waals surface area (Å²) in [5.74, 6) is 1.38. The molecule has 2 aromatic rings. The van der Waals surface area contributed by atoms with E-state index in [1.54, 1.807) is 18.5 Å². The lowest BCUT2D eigenvalue weighted by Crippen LogP contribution is -2.14. The van der Waals surface area contributed by atoms with Gasteiger partial charge in [-0.1, -0.05) is 18.2 Å². The van der Waals surface area contributed by atoms with Crippen molar-refractivity contribution in [1.29, 1.82) is 0 Å². The van der Waals surface area contributed by atoms with E-state index in [2.05, 4.69) is 15.5 Å². The van der Waals surface area contributed by atoms with Gasteiger partial charge in [-0.3, -0.25) is 0 Å².